The molecular weight excluding hydrogens is 326 g/mol. The Morgan fingerprint density at radius 3 is 2.81 bits per heavy atom. The molecule has 1 N–H and O–H groups in total. The quantitative estimate of drug-likeness (QED) is 0.900. The maximum absolute atomic E-state index is 12.9. The Bertz CT molecular complexity index is 686. The first-order chi connectivity index (χ1) is 12.4. The fraction of sp³-hybridized carbons (Fsp3) is 0.619. The zero-order valence-corrected chi connectivity index (χ0v) is 16.4. The van der Waals surface area contributed by atoms with Crippen LogP contribution in [0.4, 0.5) is 11.4 Å². The summed E-state index contributed by atoms with van der Waals surface area (Å²) >= 11 is 0. The first kappa shape index (κ1) is 18.7. The molecule has 2 heterocycles. The van der Waals surface area contributed by atoms with Crippen LogP contribution < -0.4 is 10.2 Å². The van der Waals surface area contributed by atoms with Crippen molar-refractivity contribution < 1.29 is 9.59 Å². The van der Waals surface area contributed by atoms with Gasteiger partial charge in [0.25, 0.3) is 0 Å². The van der Waals surface area contributed by atoms with Crippen molar-refractivity contribution in [1.29, 1.82) is 0 Å². The summed E-state index contributed by atoms with van der Waals surface area (Å²) in [5, 5.41) is 3.10. The van der Waals surface area contributed by atoms with Gasteiger partial charge in [-0.3, -0.25) is 9.59 Å². The van der Waals surface area contributed by atoms with Gasteiger partial charge < -0.3 is 15.1 Å². The van der Waals surface area contributed by atoms with E-state index in [9.17, 15) is 9.59 Å². The maximum Gasteiger partial charge on any atom is 0.229 e. The fourth-order valence-electron chi connectivity index (χ4n) is 4.19. The smallest absolute Gasteiger partial charge is 0.229 e. The Balaban J connectivity index is 1.71. The predicted octanol–water partition coefficient (Wildman–Crippen LogP) is 3.29. The average molecular weight is 357 g/mol. The van der Waals surface area contributed by atoms with Crippen LogP contribution in [-0.4, -0.2) is 42.9 Å². The topological polar surface area (TPSA) is 52.7 Å². The van der Waals surface area contributed by atoms with Crippen molar-refractivity contribution in [3.8, 4) is 0 Å². The number of nitrogens with zero attached hydrogens (tertiary/aromatic N) is 2. The van der Waals surface area contributed by atoms with Gasteiger partial charge in [-0.15, -0.1) is 0 Å². The van der Waals surface area contributed by atoms with Gasteiger partial charge >= 0.3 is 0 Å². The predicted molar refractivity (Wildman–Crippen MR) is 105 cm³/mol. The summed E-state index contributed by atoms with van der Waals surface area (Å²) in [6.07, 6.45) is 3.36. The van der Waals surface area contributed by atoms with E-state index in [0.29, 0.717) is 25.3 Å². The van der Waals surface area contributed by atoms with E-state index < -0.39 is 0 Å². The van der Waals surface area contributed by atoms with Gasteiger partial charge in [0.15, 0.2) is 0 Å². The molecule has 0 spiro atoms. The van der Waals surface area contributed by atoms with E-state index >= 15 is 0 Å². The van der Waals surface area contributed by atoms with Crippen molar-refractivity contribution in [3.05, 3.63) is 23.8 Å². The summed E-state index contributed by atoms with van der Waals surface area (Å²) in [6, 6.07) is 6.15. The van der Waals surface area contributed by atoms with Crippen LogP contribution in [0.3, 0.4) is 0 Å². The van der Waals surface area contributed by atoms with Crippen LogP contribution in [0.2, 0.25) is 0 Å². The molecule has 0 aliphatic carbocycles. The Labute approximate surface area is 156 Å². The molecule has 142 valence electrons. The van der Waals surface area contributed by atoms with Crippen LogP contribution in [0.25, 0.3) is 0 Å². The number of anilines is 2. The number of piperidine rings is 1. The molecule has 5 heteroatoms. The van der Waals surface area contributed by atoms with Crippen molar-refractivity contribution in [2.45, 2.75) is 52.5 Å². The van der Waals surface area contributed by atoms with E-state index in [1.807, 2.05) is 17.9 Å². The highest BCUT2D eigenvalue weighted by Crippen LogP contribution is 2.30. The molecule has 5 nitrogen and oxygen atoms in total. The van der Waals surface area contributed by atoms with Gasteiger partial charge in [-0.2, -0.15) is 0 Å². The minimum Gasteiger partial charge on any atom is -0.374 e. The Morgan fingerprint density at radius 1 is 1.31 bits per heavy atom. The number of amides is 2. The van der Waals surface area contributed by atoms with Crippen molar-refractivity contribution in [2.75, 3.05) is 30.4 Å². The van der Waals surface area contributed by atoms with Crippen LogP contribution in [0.15, 0.2) is 18.2 Å². The number of aryl methyl sites for hydroxylation is 1. The molecule has 2 amide bonds. The van der Waals surface area contributed by atoms with Crippen molar-refractivity contribution >= 4 is 23.2 Å². The Kier molecular flexibility index (Phi) is 5.54. The molecule has 0 radical (unpaired) electrons. The molecule has 0 bridgehead atoms. The number of carbonyl (C=O) groups is 2. The molecule has 0 aromatic heterocycles. The highest BCUT2D eigenvalue weighted by atomic mass is 16.2. The molecule has 1 saturated heterocycles. The Hall–Kier alpha value is -2.04. The van der Waals surface area contributed by atoms with E-state index in [1.165, 1.54) is 17.7 Å². The van der Waals surface area contributed by atoms with Gasteiger partial charge in [0.05, 0.1) is 5.92 Å². The lowest BCUT2D eigenvalue weighted by Crippen LogP contribution is -2.51. The molecule has 0 saturated carbocycles. The number of rotatable bonds is 4. The van der Waals surface area contributed by atoms with E-state index in [4.69, 9.17) is 0 Å². The van der Waals surface area contributed by atoms with Gasteiger partial charge in [-0.25, -0.2) is 0 Å². The van der Waals surface area contributed by atoms with Crippen molar-refractivity contribution in [1.82, 2.24) is 4.90 Å². The lowest BCUT2D eigenvalue weighted by atomic mass is 9.88. The lowest BCUT2D eigenvalue weighted by molar-refractivity contribution is -0.141. The highest BCUT2D eigenvalue weighted by Gasteiger charge is 2.37. The standard InChI is InChI=1S/C21H31N3O2/c1-14(2)13-24-15(3)18(9-10-20(24)25)21(26)22-17-8-7-16-6-5-11-23(4)19(16)12-17/h7-8,12,14-15,18H,5-6,9-11,13H2,1-4H3,(H,22,26)/t15-,18-/m1/s1. The summed E-state index contributed by atoms with van der Waals surface area (Å²) in [4.78, 5) is 29.3. The van der Waals surface area contributed by atoms with E-state index in [2.05, 4.69) is 43.2 Å². The summed E-state index contributed by atoms with van der Waals surface area (Å²) < 4.78 is 0. The second-order valence-electron chi connectivity index (χ2n) is 8.18. The summed E-state index contributed by atoms with van der Waals surface area (Å²) in [7, 11) is 2.10. The third-order valence-electron chi connectivity index (χ3n) is 5.67. The van der Waals surface area contributed by atoms with Gasteiger partial charge in [0.2, 0.25) is 11.8 Å². The fourth-order valence-corrected chi connectivity index (χ4v) is 4.19. The summed E-state index contributed by atoms with van der Waals surface area (Å²) in [6.45, 7) is 7.98. The molecule has 2 atom stereocenters. The van der Waals surface area contributed by atoms with Crippen molar-refractivity contribution in [3.63, 3.8) is 0 Å². The van der Waals surface area contributed by atoms with E-state index in [1.54, 1.807) is 0 Å². The number of benzene rings is 1. The molecule has 0 unspecified atom stereocenters. The minimum atomic E-state index is -0.153. The van der Waals surface area contributed by atoms with Crippen LogP contribution in [0, 0.1) is 11.8 Å². The molecule has 3 rings (SSSR count). The molecule has 1 aromatic rings. The molecule has 26 heavy (non-hydrogen) atoms. The number of carbonyl (C=O) groups excluding carboxylic acids is 2. The zero-order chi connectivity index (χ0) is 18.8. The first-order valence-corrected chi connectivity index (χ1v) is 9.81. The van der Waals surface area contributed by atoms with E-state index in [-0.39, 0.29) is 23.8 Å². The molecule has 1 fully saturated rings. The normalized spacial score (nSPS) is 23.2. The minimum absolute atomic E-state index is 0.0252. The van der Waals surface area contributed by atoms with Crippen LogP contribution in [-0.2, 0) is 16.0 Å². The highest BCUT2D eigenvalue weighted by molar-refractivity contribution is 5.95. The van der Waals surface area contributed by atoms with Crippen LogP contribution >= 0.6 is 0 Å². The number of hydrogen-bond acceptors (Lipinski definition) is 3. The van der Waals surface area contributed by atoms with Crippen LogP contribution in [0.1, 0.15) is 45.6 Å². The summed E-state index contributed by atoms with van der Waals surface area (Å²) in [5.41, 5.74) is 3.40. The van der Waals surface area contributed by atoms with Crippen LogP contribution in [0.5, 0.6) is 0 Å². The number of hydrogen-bond donors (Lipinski definition) is 1. The van der Waals surface area contributed by atoms with Gasteiger partial charge in [-0.1, -0.05) is 19.9 Å². The second-order valence-corrected chi connectivity index (χ2v) is 8.18. The average Bonchev–Trinajstić information content (AvgIpc) is 2.59. The Morgan fingerprint density at radius 2 is 2.08 bits per heavy atom. The SMILES string of the molecule is CC(C)CN1C(=O)CC[C@@H](C(=O)Nc2ccc3c(c2)N(C)CCC3)[C@H]1C. The number of nitrogens with one attached hydrogen (secondary N) is 1. The molecular formula is C21H31N3O2. The van der Waals surface area contributed by atoms with Crippen molar-refractivity contribution in [2.24, 2.45) is 11.8 Å². The van der Waals surface area contributed by atoms with Gasteiger partial charge in [0, 0.05) is 44.0 Å². The second kappa shape index (κ2) is 7.68. The largest absolute Gasteiger partial charge is 0.374 e. The third kappa shape index (κ3) is 3.87. The maximum atomic E-state index is 12.9. The van der Waals surface area contributed by atoms with Gasteiger partial charge in [0.1, 0.15) is 0 Å². The molecule has 2 aliphatic heterocycles. The number of likely N-dealkylation sites (tertiary alicyclic amines) is 1. The van der Waals surface area contributed by atoms with E-state index in [0.717, 1.165) is 18.7 Å². The molecule has 2 aliphatic rings. The monoisotopic (exact) mass is 357 g/mol. The first-order valence-electron chi connectivity index (χ1n) is 9.81. The number of fused-ring (bicyclic) bond motifs is 1. The lowest BCUT2D eigenvalue weighted by Gasteiger charge is -2.39. The van der Waals surface area contributed by atoms with Gasteiger partial charge in [-0.05, 0) is 49.8 Å². The molecule has 1 aromatic carbocycles. The third-order valence-corrected chi connectivity index (χ3v) is 5.67. The zero-order valence-electron chi connectivity index (χ0n) is 16.4. The summed E-state index contributed by atoms with van der Waals surface area (Å²) in [5.74, 6) is 0.447.